The Hall–Kier alpha value is -0.830. The summed E-state index contributed by atoms with van der Waals surface area (Å²) in [6, 6.07) is 0. The first kappa shape index (κ1) is 9.71. The maximum atomic E-state index is 5.92. The number of anilines is 1. The molecule has 0 atom stereocenters. The molecule has 0 unspecified atom stereocenters. The third-order valence-electron chi connectivity index (χ3n) is 2.69. The van der Waals surface area contributed by atoms with Crippen LogP contribution in [-0.2, 0) is 0 Å². The fourth-order valence-corrected chi connectivity index (χ4v) is 1.77. The molecule has 3 nitrogen and oxygen atoms in total. The lowest BCUT2D eigenvalue weighted by atomic mass is 9.99. The molecular weight excluding hydrogens is 198 g/mol. The molecule has 0 spiro atoms. The molecule has 1 aromatic heterocycles. The average molecular weight is 212 g/mol. The van der Waals surface area contributed by atoms with E-state index in [1.165, 1.54) is 12.8 Å². The SMILES string of the molecule is CC(C)(Nc1nccnc1Cl)C1CC1. The molecule has 1 aliphatic carbocycles. The Morgan fingerprint density at radius 3 is 2.57 bits per heavy atom. The quantitative estimate of drug-likeness (QED) is 0.836. The normalized spacial score (nSPS) is 16.8. The molecule has 1 aliphatic rings. The molecule has 4 heteroatoms. The van der Waals surface area contributed by atoms with Crippen LogP contribution in [0.15, 0.2) is 12.4 Å². The Morgan fingerprint density at radius 1 is 1.36 bits per heavy atom. The number of rotatable bonds is 3. The molecule has 0 aliphatic heterocycles. The van der Waals surface area contributed by atoms with Gasteiger partial charge < -0.3 is 5.32 Å². The van der Waals surface area contributed by atoms with Gasteiger partial charge in [-0.3, -0.25) is 0 Å². The van der Waals surface area contributed by atoms with E-state index < -0.39 is 0 Å². The third-order valence-corrected chi connectivity index (χ3v) is 2.97. The maximum absolute atomic E-state index is 5.92. The lowest BCUT2D eigenvalue weighted by Gasteiger charge is -2.26. The van der Waals surface area contributed by atoms with Crippen molar-refractivity contribution in [2.45, 2.75) is 32.2 Å². The van der Waals surface area contributed by atoms with Gasteiger partial charge in [-0.25, -0.2) is 9.97 Å². The Morgan fingerprint density at radius 2 is 2.00 bits per heavy atom. The molecule has 2 rings (SSSR count). The molecule has 1 fully saturated rings. The highest BCUT2D eigenvalue weighted by Gasteiger charge is 2.38. The lowest BCUT2D eigenvalue weighted by molar-refractivity contribution is 0.492. The zero-order chi connectivity index (χ0) is 10.2. The summed E-state index contributed by atoms with van der Waals surface area (Å²) < 4.78 is 0. The lowest BCUT2D eigenvalue weighted by Crippen LogP contribution is -2.33. The van der Waals surface area contributed by atoms with Gasteiger partial charge in [-0.15, -0.1) is 0 Å². The summed E-state index contributed by atoms with van der Waals surface area (Å²) in [7, 11) is 0. The molecule has 0 saturated heterocycles. The summed E-state index contributed by atoms with van der Waals surface area (Å²) in [4.78, 5) is 8.15. The van der Waals surface area contributed by atoms with Crippen molar-refractivity contribution in [3.8, 4) is 0 Å². The first-order chi connectivity index (χ1) is 6.59. The predicted octanol–water partition coefficient (Wildman–Crippen LogP) is 2.73. The van der Waals surface area contributed by atoms with Gasteiger partial charge >= 0.3 is 0 Å². The van der Waals surface area contributed by atoms with Gasteiger partial charge in [0.2, 0.25) is 0 Å². The first-order valence-electron chi connectivity index (χ1n) is 4.84. The van der Waals surface area contributed by atoms with Gasteiger partial charge in [0, 0.05) is 17.9 Å². The zero-order valence-corrected chi connectivity index (χ0v) is 9.17. The Kier molecular flexibility index (Phi) is 2.35. The highest BCUT2D eigenvalue weighted by molar-refractivity contribution is 6.31. The molecule has 1 N–H and O–H groups in total. The number of hydrogen-bond donors (Lipinski definition) is 1. The van der Waals surface area contributed by atoms with Crippen molar-refractivity contribution in [2.75, 3.05) is 5.32 Å². The molecular formula is C10H14ClN3. The predicted molar refractivity (Wildman–Crippen MR) is 57.5 cm³/mol. The van der Waals surface area contributed by atoms with Crippen molar-refractivity contribution < 1.29 is 0 Å². The van der Waals surface area contributed by atoms with Gasteiger partial charge in [-0.2, -0.15) is 0 Å². The van der Waals surface area contributed by atoms with E-state index in [-0.39, 0.29) is 5.54 Å². The minimum absolute atomic E-state index is 0.0691. The molecule has 0 radical (unpaired) electrons. The summed E-state index contributed by atoms with van der Waals surface area (Å²) in [5.41, 5.74) is 0.0691. The number of hydrogen-bond acceptors (Lipinski definition) is 3. The summed E-state index contributed by atoms with van der Waals surface area (Å²) in [5.74, 6) is 1.42. The van der Waals surface area contributed by atoms with E-state index in [1.54, 1.807) is 12.4 Å². The van der Waals surface area contributed by atoms with Gasteiger partial charge in [0.25, 0.3) is 0 Å². The van der Waals surface area contributed by atoms with Gasteiger partial charge in [-0.05, 0) is 32.6 Å². The monoisotopic (exact) mass is 211 g/mol. The molecule has 1 aromatic rings. The van der Waals surface area contributed by atoms with Crippen LogP contribution in [0.2, 0.25) is 5.15 Å². The summed E-state index contributed by atoms with van der Waals surface area (Å²) in [6.45, 7) is 4.35. The molecule has 1 heterocycles. The highest BCUT2D eigenvalue weighted by Crippen LogP contribution is 2.41. The molecule has 0 aromatic carbocycles. The second-order valence-corrected chi connectivity index (χ2v) is 4.67. The van der Waals surface area contributed by atoms with E-state index in [1.807, 2.05) is 0 Å². The second-order valence-electron chi connectivity index (χ2n) is 4.32. The third kappa shape index (κ3) is 1.98. The van der Waals surface area contributed by atoms with Crippen LogP contribution in [0.4, 0.5) is 5.82 Å². The second kappa shape index (κ2) is 3.39. The van der Waals surface area contributed by atoms with Crippen LogP contribution in [0.5, 0.6) is 0 Å². The molecule has 14 heavy (non-hydrogen) atoms. The van der Waals surface area contributed by atoms with Crippen LogP contribution in [0.1, 0.15) is 26.7 Å². The van der Waals surface area contributed by atoms with Crippen molar-refractivity contribution in [3.05, 3.63) is 17.5 Å². The molecule has 76 valence electrons. The highest BCUT2D eigenvalue weighted by atomic mass is 35.5. The van der Waals surface area contributed by atoms with Crippen molar-refractivity contribution in [1.82, 2.24) is 9.97 Å². The van der Waals surface area contributed by atoms with E-state index in [0.29, 0.717) is 11.0 Å². The van der Waals surface area contributed by atoms with E-state index in [2.05, 4.69) is 29.1 Å². The van der Waals surface area contributed by atoms with Crippen LogP contribution >= 0.6 is 11.6 Å². The van der Waals surface area contributed by atoms with Gasteiger partial charge in [-0.1, -0.05) is 11.6 Å². The van der Waals surface area contributed by atoms with Crippen LogP contribution in [0, 0.1) is 5.92 Å². The molecule has 0 bridgehead atoms. The minimum atomic E-state index is 0.0691. The fraction of sp³-hybridized carbons (Fsp3) is 0.600. The van der Waals surface area contributed by atoms with E-state index >= 15 is 0 Å². The van der Waals surface area contributed by atoms with Gasteiger partial charge in [0.15, 0.2) is 11.0 Å². The van der Waals surface area contributed by atoms with Gasteiger partial charge in [0.05, 0.1) is 0 Å². The Balaban J connectivity index is 2.13. The Bertz CT molecular complexity index is 334. The number of halogens is 1. The maximum Gasteiger partial charge on any atom is 0.171 e. The molecule has 1 saturated carbocycles. The average Bonchev–Trinajstić information content (AvgIpc) is 2.91. The van der Waals surface area contributed by atoms with Crippen molar-refractivity contribution in [3.63, 3.8) is 0 Å². The van der Waals surface area contributed by atoms with Crippen LogP contribution in [0.25, 0.3) is 0 Å². The number of nitrogens with zero attached hydrogens (tertiary/aromatic N) is 2. The zero-order valence-electron chi connectivity index (χ0n) is 8.42. The number of nitrogens with one attached hydrogen (secondary N) is 1. The number of aromatic nitrogens is 2. The minimum Gasteiger partial charge on any atom is -0.362 e. The Labute approximate surface area is 88.9 Å². The topological polar surface area (TPSA) is 37.8 Å². The van der Waals surface area contributed by atoms with Crippen LogP contribution in [-0.4, -0.2) is 15.5 Å². The smallest absolute Gasteiger partial charge is 0.171 e. The summed E-state index contributed by atoms with van der Waals surface area (Å²) in [5, 5.41) is 3.79. The van der Waals surface area contributed by atoms with Gasteiger partial charge in [0.1, 0.15) is 0 Å². The van der Waals surface area contributed by atoms with E-state index in [4.69, 9.17) is 11.6 Å². The van der Waals surface area contributed by atoms with Crippen LogP contribution in [0.3, 0.4) is 0 Å². The first-order valence-corrected chi connectivity index (χ1v) is 5.22. The largest absolute Gasteiger partial charge is 0.362 e. The summed E-state index contributed by atoms with van der Waals surface area (Å²) >= 11 is 5.92. The van der Waals surface area contributed by atoms with Crippen molar-refractivity contribution in [2.24, 2.45) is 5.92 Å². The van der Waals surface area contributed by atoms with Crippen LogP contribution < -0.4 is 5.32 Å². The van der Waals surface area contributed by atoms with Crippen molar-refractivity contribution in [1.29, 1.82) is 0 Å². The summed E-state index contributed by atoms with van der Waals surface area (Å²) in [6.07, 6.45) is 5.82. The standard InChI is InChI=1S/C10H14ClN3/c1-10(2,7-3-4-7)14-9-8(11)12-5-6-13-9/h5-7H,3-4H2,1-2H3,(H,13,14). The van der Waals surface area contributed by atoms with E-state index in [0.717, 1.165) is 5.92 Å². The molecule has 0 amide bonds. The van der Waals surface area contributed by atoms with E-state index in [9.17, 15) is 0 Å². The fourth-order valence-electron chi connectivity index (χ4n) is 1.62. The van der Waals surface area contributed by atoms with Crippen molar-refractivity contribution >= 4 is 17.4 Å².